The molecule has 1 atom stereocenters. The zero-order valence-corrected chi connectivity index (χ0v) is 14.6. The van der Waals surface area contributed by atoms with Gasteiger partial charge >= 0.3 is 6.03 Å². The van der Waals surface area contributed by atoms with E-state index >= 15 is 0 Å². The highest BCUT2D eigenvalue weighted by atomic mass is 35.5. The number of aryl methyl sites for hydroxylation is 1. The summed E-state index contributed by atoms with van der Waals surface area (Å²) in [6.45, 7) is 2.21. The molecule has 0 aliphatic carbocycles. The van der Waals surface area contributed by atoms with E-state index in [0.717, 1.165) is 11.3 Å². The molecule has 2 heterocycles. The van der Waals surface area contributed by atoms with Gasteiger partial charge in [-0.1, -0.05) is 22.9 Å². The van der Waals surface area contributed by atoms with Crippen LogP contribution >= 0.6 is 22.9 Å². The van der Waals surface area contributed by atoms with Crippen molar-refractivity contribution in [2.24, 2.45) is 4.99 Å². The number of halogens is 2. The summed E-state index contributed by atoms with van der Waals surface area (Å²) in [5, 5.41) is 10.0. The van der Waals surface area contributed by atoms with E-state index in [9.17, 15) is 14.3 Å². The van der Waals surface area contributed by atoms with Gasteiger partial charge in [0.05, 0.1) is 18.0 Å². The molecular formula is C16H17ClFN3O2S. The van der Waals surface area contributed by atoms with Crippen molar-refractivity contribution in [2.75, 3.05) is 13.1 Å². The van der Waals surface area contributed by atoms with Crippen molar-refractivity contribution in [3.05, 3.63) is 44.7 Å². The molecule has 8 heteroatoms. The third-order valence-corrected chi connectivity index (χ3v) is 5.26. The molecule has 0 spiro atoms. The van der Waals surface area contributed by atoms with Crippen molar-refractivity contribution in [3.8, 4) is 5.69 Å². The minimum absolute atomic E-state index is 0.0839. The van der Waals surface area contributed by atoms with Crippen LogP contribution in [0, 0.1) is 6.92 Å². The summed E-state index contributed by atoms with van der Waals surface area (Å²) in [6, 6.07) is 5.02. The molecule has 5 nitrogen and oxygen atoms in total. The monoisotopic (exact) mass is 369 g/mol. The molecule has 1 aromatic carbocycles. The average Bonchev–Trinajstić information content (AvgIpc) is 3.16. The molecule has 1 N–H and O–H groups in total. The van der Waals surface area contributed by atoms with Crippen molar-refractivity contribution >= 4 is 29.0 Å². The normalized spacial score (nSPS) is 18.4. The van der Waals surface area contributed by atoms with Gasteiger partial charge < -0.3 is 10.0 Å². The second kappa shape index (κ2) is 7.04. The van der Waals surface area contributed by atoms with Gasteiger partial charge in [0.25, 0.3) is 0 Å². The smallest absolute Gasteiger partial charge is 0.346 e. The SMILES string of the molecule is Cc1cc(-n2cc(CO)s/c2=N\C(=O)N2CCC(F)C2)ccc1Cl. The fraction of sp³-hybridized carbons (Fsp3) is 0.375. The summed E-state index contributed by atoms with van der Waals surface area (Å²) < 4.78 is 15.0. The number of carbonyl (C=O) groups is 1. The average molecular weight is 370 g/mol. The van der Waals surface area contributed by atoms with E-state index in [0.29, 0.717) is 27.7 Å². The number of hydrogen-bond acceptors (Lipinski definition) is 3. The Morgan fingerprint density at radius 2 is 2.33 bits per heavy atom. The third-order valence-electron chi connectivity index (χ3n) is 3.87. The lowest BCUT2D eigenvalue weighted by Crippen LogP contribution is -2.28. The predicted molar refractivity (Wildman–Crippen MR) is 91.4 cm³/mol. The Balaban J connectivity index is 2.01. The second-order valence-electron chi connectivity index (χ2n) is 5.67. The number of aliphatic hydroxyl groups is 1. The van der Waals surface area contributed by atoms with Crippen LogP contribution < -0.4 is 4.80 Å². The van der Waals surface area contributed by atoms with E-state index in [4.69, 9.17) is 11.6 Å². The molecule has 0 radical (unpaired) electrons. The Morgan fingerprint density at radius 3 is 2.96 bits per heavy atom. The summed E-state index contributed by atoms with van der Waals surface area (Å²) >= 11 is 7.28. The van der Waals surface area contributed by atoms with E-state index in [-0.39, 0.29) is 13.2 Å². The van der Waals surface area contributed by atoms with E-state index < -0.39 is 12.2 Å². The summed E-state index contributed by atoms with van der Waals surface area (Å²) in [5.74, 6) is 0. The lowest BCUT2D eigenvalue weighted by molar-refractivity contribution is 0.213. The van der Waals surface area contributed by atoms with Crippen LogP contribution in [0.15, 0.2) is 29.4 Å². The zero-order chi connectivity index (χ0) is 17.3. The number of carbonyl (C=O) groups excluding carboxylic acids is 1. The van der Waals surface area contributed by atoms with Gasteiger partial charge in [0.15, 0.2) is 4.80 Å². The summed E-state index contributed by atoms with van der Waals surface area (Å²) in [7, 11) is 0. The number of aliphatic hydroxyl groups excluding tert-OH is 1. The van der Waals surface area contributed by atoms with Gasteiger partial charge in [0, 0.05) is 23.5 Å². The molecule has 1 aromatic heterocycles. The van der Waals surface area contributed by atoms with Gasteiger partial charge in [-0.3, -0.25) is 4.57 Å². The molecule has 0 bridgehead atoms. The Labute approximate surface area is 147 Å². The molecule has 3 rings (SSSR count). The largest absolute Gasteiger partial charge is 0.391 e. The number of benzene rings is 1. The van der Waals surface area contributed by atoms with E-state index in [1.165, 1.54) is 16.2 Å². The van der Waals surface area contributed by atoms with E-state index in [2.05, 4.69) is 4.99 Å². The van der Waals surface area contributed by atoms with Gasteiger partial charge in [-0.25, -0.2) is 9.18 Å². The molecule has 2 aromatic rings. The van der Waals surface area contributed by atoms with Gasteiger partial charge in [0.2, 0.25) is 0 Å². The standard InChI is InChI=1S/C16H17ClFN3O2S/c1-10-6-12(2-3-14(10)17)21-8-13(9-22)24-16(21)19-15(23)20-5-4-11(18)7-20/h2-3,6,8,11,22H,4-5,7,9H2,1H3/b19-16-. The van der Waals surface area contributed by atoms with E-state index in [1.54, 1.807) is 16.8 Å². The van der Waals surface area contributed by atoms with Crippen LogP contribution in [0.1, 0.15) is 16.9 Å². The molecule has 1 aliphatic heterocycles. The minimum Gasteiger partial charge on any atom is -0.391 e. The fourth-order valence-corrected chi connectivity index (χ4v) is 3.50. The Hall–Kier alpha value is -1.70. The molecule has 24 heavy (non-hydrogen) atoms. The first-order valence-corrected chi connectivity index (χ1v) is 8.74. The van der Waals surface area contributed by atoms with Gasteiger partial charge in [0.1, 0.15) is 6.17 Å². The first-order chi connectivity index (χ1) is 11.5. The van der Waals surface area contributed by atoms with Crippen molar-refractivity contribution in [1.29, 1.82) is 0 Å². The summed E-state index contributed by atoms with van der Waals surface area (Å²) in [6.07, 6.45) is 1.11. The summed E-state index contributed by atoms with van der Waals surface area (Å²) in [4.78, 5) is 18.9. The van der Waals surface area contributed by atoms with Crippen molar-refractivity contribution < 1.29 is 14.3 Å². The first kappa shape index (κ1) is 17.1. The third kappa shape index (κ3) is 3.53. The van der Waals surface area contributed by atoms with Gasteiger partial charge in [-0.15, -0.1) is 0 Å². The van der Waals surface area contributed by atoms with Crippen LogP contribution in [0.4, 0.5) is 9.18 Å². The Morgan fingerprint density at radius 1 is 1.54 bits per heavy atom. The van der Waals surface area contributed by atoms with Crippen molar-refractivity contribution in [3.63, 3.8) is 0 Å². The predicted octanol–water partition coefficient (Wildman–Crippen LogP) is 3.06. The van der Waals surface area contributed by atoms with Crippen LogP contribution in [-0.2, 0) is 6.61 Å². The van der Waals surface area contributed by atoms with Gasteiger partial charge in [-0.2, -0.15) is 4.99 Å². The maximum atomic E-state index is 13.3. The Kier molecular flexibility index (Phi) is 5.03. The maximum Gasteiger partial charge on any atom is 0.346 e. The highest BCUT2D eigenvalue weighted by Crippen LogP contribution is 2.19. The lowest BCUT2D eigenvalue weighted by Gasteiger charge is -2.11. The minimum atomic E-state index is -0.980. The number of amides is 2. The number of aromatic nitrogens is 1. The van der Waals surface area contributed by atoms with E-state index in [1.807, 2.05) is 19.1 Å². The molecule has 1 unspecified atom stereocenters. The number of hydrogen-bond donors (Lipinski definition) is 1. The molecule has 2 amide bonds. The molecule has 1 fully saturated rings. The quantitative estimate of drug-likeness (QED) is 0.884. The molecule has 1 saturated heterocycles. The second-order valence-corrected chi connectivity index (χ2v) is 7.17. The topological polar surface area (TPSA) is 57.8 Å². The van der Waals surface area contributed by atoms with Crippen LogP contribution in [0.25, 0.3) is 5.69 Å². The number of rotatable bonds is 2. The van der Waals surface area contributed by atoms with Crippen molar-refractivity contribution in [1.82, 2.24) is 9.47 Å². The Bertz CT molecular complexity index is 833. The van der Waals surface area contributed by atoms with Gasteiger partial charge in [-0.05, 0) is 37.1 Å². The maximum absolute atomic E-state index is 13.3. The fourth-order valence-electron chi connectivity index (χ4n) is 2.55. The molecular weight excluding hydrogens is 353 g/mol. The number of thiazole rings is 1. The number of likely N-dealkylation sites (tertiary alicyclic amines) is 1. The highest BCUT2D eigenvalue weighted by molar-refractivity contribution is 7.09. The molecule has 1 aliphatic rings. The number of alkyl halides is 1. The van der Waals surface area contributed by atoms with Crippen molar-refractivity contribution in [2.45, 2.75) is 26.1 Å². The molecule has 128 valence electrons. The zero-order valence-electron chi connectivity index (χ0n) is 13.1. The van der Waals surface area contributed by atoms with Crippen LogP contribution in [-0.4, -0.2) is 39.9 Å². The first-order valence-electron chi connectivity index (χ1n) is 7.54. The molecule has 0 saturated carbocycles. The van der Waals surface area contributed by atoms with Crippen LogP contribution in [0.3, 0.4) is 0 Å². The van der Waals surface area contributed by atoms with Crippen LogP contribution in [0.2, 0.25) is 5.02 Å². The van der Waals surface area contributed by atoms with Crippen LogP contribution in [0.5, 0.6) is 0 Å². The lowest BCUT2D eigenvalue weighted by atomic mass is 10.2. The number of nitrogens with zero attached hydrogens (tertiary/aromatic N) is 3. The highest BCUT2D eigenvalue weighted by Gasteiger charge is 2.25. The summed E-state index contributed by atoms with van der Waals surface area (Å²) in [5.41, 5.74) is 1.69. The number of urea groups is 1.